The number of aromatic carboxylic acids is 1. The number of rotatable bonds is 4. The van der Waals surface area contributed by atoms with Crippen LogP contribution in [0.1, 0.15) is 10.4 Å². The normalized spacial score (nSPS) is 11.1. The monoisotopic (exact) mass is 326 g/mol. The summed E-state index contributed by atoms with van der Waals surface area (Å²) in [6.45, 7) is 0. The molecule has 0 saturated carbocycles. The molecule has 21 heavy (non-hydrogen) atoms. The van der Waals surface area contributed by atoms with E-state index in [0.717, 1.165) is 6.07 Å². The van der Waals surface area contributed by atoms with Gasteiger partial charge in [-0.2, -0.15) is 0 Å². The largest absolute Gasteiger partial charge is 0.478 e. The summed E-state index contributed by atoms with van der Waals surface area (Å²) in [5.74, 6) is -1.27. The zero-order valence-electron chi connectivity index (χ0n) is 10.6. The summed E-state index contributed by atoms with van der Waals surface area (Å²) in [5.41, 5.74) is 0.604. The van der Waals surface area contributed by atoms with Crippen molar-refractivity contribution in [2.24, 2.45) is 5.14 Å². The van der Waals surface area contributed by atoms with E-state index in [2.05, 4.69) is 5.32 Å². The number of sulfonamides is 1. The number of carboxylic acids is 1. The number of carboxylic acid groups (broad SMARTS) is 1. The first-order chi connectivity index (χ1) is 9.77. The Morgan fingerprint density at radius 1 is 1.19 bits per heavy atom. The van der Waals surface area contributed by atoms with E-state index >= 15 is 0 Å². The fraction of sp³-hybridized carbons (Fsp3) is 0. The zero-order valence-corrected chi connectivity index (χ0v) is 12.1. The van der Waals surface area contributed by atoms with Gasteiger partial charge in [0, 0.05) is 10.7 Å². The second-order valence-electron chi connectivity index (χ2n) is 4.19. The van der Waals surface area contributed by atoms with Crippen LogP contribution in [0.5, 0.6) is 0 Å². The molecule has 0 atom stereocenters. The second kappa shape index (κ2) is 5.72. The molecule has 2 rings (SSSR count). The van der Waals surface area contributed by atoms with Crippen LogP contribution in [0, 0.1) is 0 Å². The van der Waals surface area contributed by atoms with E-state index in [1.807, 2.05) is 0 Å². The van der Waals surface area contributed by atoms with Gasteiger partial charge in [-0.25, -0.2) is 18.4 Å². The minimum absolute atomic E-state index is 0.207. The molecule has 110 valence electrons. The lowest BCUT2D eigenvalue weighted by Gasteiger charge is -2.11. The SMILES string of the molecule is NS(=O)(=O)c1ccc(Nc2cccc(Cl)c2)c(C(=O)O)c1. The lowest BCUT2D eigenvalue weighted by molar-refractivity contribution is 0.0697. The van der Waals surface area contributed by atoms with Crippen molar-refractivity contribution in [3.05, 3.63) is 53.1 Å². The molecule has 0 fully saturated rings. The number of nitrogens with one attached hydrogen (secondary N) is 1. The number of hydrogen-bond acceptors (Lipinski definition) is 4. The Labute approximate surface area is 126 Å². The molecule has 2 aromatic rings. The van der Waals surface area contributed by atoms with Crippen molar-refractivity contribution in [3.63, 3.8) is 0 Å². The van der Waals surface area contributed by atoms with Crippen LogP contribution >= 0.6 is 11.6 Å². The standard InChI is InChI=1S/C13H11ClN2O4S/c14-8-2-1-3-9(6-8)16-12-5-4-10(21(15,19)20)7-11(12)13(17)18/h1-7,16H,(H,17,18)(H2,15,19,20). The summed E-state index contributed by atoms with van der Waals surface area (Å²) in [4.78, 5) is 11.0. The van der Waals surface area contributed by atoms with Crippen LogP contribution in [-0.4, -0.2) is 19.5 Å². The first kappa shape index (κ1) is 15.3. The van der Waals surface area contributed by atoms with Crippen molar-refractivity contribution in [1.29, 1.82) is 0 Å². The third-order valence-electron chi connectivity index (χ3n) is 2.65. The molecule has 6 nitrogen and oxygen atoms in total. The van der Waals surface area contributed by atoms with Gasteiger partial charge >= 0.3 is 5.97 Å². The fourth-order valence-corrected chi connectivity index (χ4v) is 2.44. The Balaban J connectivity index is 2.47. The highest BCUT2D eigenvalue weighted by atomic mass is 35.5. The van der Waals surface area contributed by atoms with Gasteiger partial charge < -0.3 is 10.4 Å². The molecule has 0 aliphatic carbocycles. The van der Waals surface area contributed by atoms with Gasteiger partial charge in [0.05, 0.1) is 16.1 Å². The minimum atomic E-state index is -3.97. The number of carbonyl (C=O) groups is 1. The number of nitrogens with two attached hydrogens (primary N) is 1. The Kier molecular flexibility index (Phi) is 4.17. The van der Waals surface area contributed by atoms with E-state index in [9.17, 15) is 18.3 Å². The molecule has 0 amide bonds. The Morgan fingerprint density at radius 3 is 2.48 bits per heavy atom. The summed E-state index contributed by atoms with van der Waals surface area (Å²) < 4.78 is 22.5. The third kappa shape index (κ3) is 3.72. The topological polar surface area (TPSA) is 109 Å². The lowest BCUT2D eigenvalue weighted by atomic mass is 10.1. The van der Waals surface area contributed by atoms with E-state index in [1.165, 1.54) is 12.1 Å². The molecule has 0 aliphatic heterocycles. The highest BCUT2D eigenvalue weighted by molar-refractivity contribution is 7.89. The molecule has 0 unspecified atom stereocenters. The predicted molar refractivity (Wildman–Crippen MR) is 79.5 cm³/mol. The maximum Gasteiger partial charge on any atom is 0.337 e. The maximum atomic E-state index is 11.3. The molecule has 0 aromatic heterocycles. The van der Waals surface area contributed by atoms with Crippen molar-refractivity contribution in [2.45, 2.75) is 4.90 Å². The summed E-state index contributed by atoms with van der Waals surface area (Å²) in [5, 5.41) is 17.5. The number of primary sulfonamides is 1. The predicted octanol–water partition coefficient (Wildman–Crippen LogP) is 2.43. The second-order valence-corrected chi connectivity index (χ2v) is 6.19. The van der Waals surface area contributed by atoms with Crippen molar-refractivity contribution in [3.8, 4) is 0 Å². The quantitative estimate of drug-likeness (QED) is 0.799. The van der Waals surface area contributed by atoms with Crippen molar-refractivity contribution in [2.75, 3.05) is 5.32 Å². The average Bonchev–Trinajstić information content (AvgIpc) is 2.37. The Hall–Kier alpha value is -2.09. The van der Waals surface area contributed by atoms with Gasteiger partial charge in [-0.1, -0.05) is 17.7 Å². The van der Waals surface area contributed by atoms with Crippen molar-refractivity contribution >= 4 is 39.0 Å². The first-order valence-corrected chi connectivity index (χ1v) is 7.62. The van der Waals surface area contributed by atoms with E-state index in [-0.39, 0.29) is 16.1 Å². The van der Waals surface area contributed by atoms with Crippen LogP contribution < -0.4 is 10.5 Å². The van der Waals surface area contributed by atoms with E-state index in [4.69, 9.17) is 16.7 Å². The summed E-state index contributed by atoms with van der Waals surface area (Å²) in [6, 6.07) is 10.3. The van der Waals surface area contributed by atoms with Gasteiger partial charge in [-0.3, -0.25) is 0 Å². The van der Waals surface area contributed by atoms with Crippen molar-refractivity contribution in [1.82, 2.24) is 0 Å². The van der Waals surface area contributed by atoms with E-state index < -0.39 is 16.0 Å². The number of benzene rings is 2. The van der Waals surface area contributed by atoms with Crippen LogP contribution in [0.15, 0.2) is 47.4 Å². The average molecular weight is 327 g/mol. The zero-order chi connectivity index (χ0) is 15.6. The molecule has 0 heterocycles. The summed E-state index contributed by atoms with van der Waals surface area (Å²) >= 11 is 5.85. The van der Waals surface area contributed by atoms with Gasteiger partial charge in [-0.05, 0) is 36.4 Å². The van der Waals surface area contributed by atoms with Crippen LogP contribution in [-0.2, 0) is 10.0 Å². The number of anilines is 2. The molecule has 0 aliphatic rings. The van der Waals surface area contributed by atoms with Crippen LogP contribution in [0.4, 0.5) is 11.4 Å². The van der Waals surface area contributed by atoms with E-state index in [1.54, 1.807) is 24.3 Å². The molecule has 8 heteroatoms. The van der Waals surface area contributed by atoms with Crippen molar-refractivity contribution < 1.29 is 18.3 Å². The van der Waals surface area contributed by atoms with Gasteiger partial charge in [0.2, 0.25) is 10.0 Å². The molecule has 4 N–H and O–H groups in total. The molecule has 0 bridgehead atoms. The molecular formula is C13H11ClN2O4S. The van der Waals surface area contributed by atoms with Crippen LogP contribution in [0.25, 0.3) is 0 Å². The molecule has 0 spiro atoms. The lowest BCUT2D eigenvalue weighted by Crippen LogP contribution is -2.13. The Morgan fingerprint density at radius 2 is 1.90 bits per heavy atom. The van der Waals surface area contributed by atoms with Gasteiger partial charge in [0.25, 0.3) is 0 Å². The minimum Gasteiger partial charge on any atom is -0.478 e. The van der Waals surface area contributed by atoms with Crippen LogP contribution in [0.3, 0.4) is 0 Å². The maximum absolute atomic E-state index is 11.3. The molecule has 0 saturated heterocycles. The summed E-state index contributed by atoms with van der Waals surface area (Å²) in [6.07, 6.45) is 0. The van der Waals surface area contributed by atoms with Gasteiger partial charge in [-0.15, -0.1) is 0 Å². The third-order valence-corrected chi connectivity index (χ3v) is 3.80. The highest BCUT2D eigenvalue weighted by Gasteiger charge is 2.16. The van der Waals surface area contributed by atoms with Gasteiger partial charge in [0.1, 0.15) is 0 Å². The highest BCUT2D eigenvalue weighted by Crippen LogP contribution is 2.25. The molecular weight excluding hydrogens is 316 g/mol. The molecule has 0 radical (unpaired) electrons. The Bertz CT molecular complexity index is 806. The smallest absolute Gasteiger partial charge is 0.337 e. The fourth-order valence-electron chi connectivity index (χ4n) is 1.71. The van der Waals surface area contributed by atoms with E-state index in [0.29, 0.717) is 10.7 Å². The molecule has 2 aromatic carbocycles. The summed E-state index contributed by atoms with van der Waals surface area (Å²) in [7, 11) is -3.97. The van der Waals surface area contributed by atoms with Gasteiger partial charge in [0.15, 0.2) is 0 Å². The number of halogens is 1. The first-order valence-electron chi connectivity index (χ1n) is 5.70. The number of hydrogen-bond donors (Lipinski definition) is 3. The van der Waals surface area contributed by atoms with Crippen LogP contribution in [0.2, 0.25) is 5.02 Å².